The van der Waals surface area contributed by atoms with Gasteiger partial charge in [0.2, 0.25) is 0 Å². The van der Waals surface area contributed by atoms with Gasteiger partial charge in [0.05, 0.1) is 11.3 Å². The maximum Gasteiger partial charge on any atom is 0.296 e. The molecular weight excluding hydrogens is 238 g/mol. The summed E-state index contributed by atoms with van der Waals surface area (Å²) in [5, 5.41) is 2.61. The van der Waals surface area contributed by atoms with Crippen LogP contribution >= 0.6 is 0 Å². The molecule has 1 heterocycles. The molecule has 1 aliphatic heterocycles. The number of rotatable bonds is 1. The lowest BCUT2D eigenvalue weighted by atomic mass is 9.72. The van der Waals surface area contributed by atoms with E-state index in [0.29, 0.717) is 23.1 Å². The molecule has 0 aromatic heterocycles. The molecule has 1 saturated carbocycles. The van der Waals surface area contributed by atoms with Crippen molar-refractivity contribution in [1.82, 2.24) is 0 Å². The van der Waals surface area contributed by atoms with Crippen LogP contribution < -0.4 is 5.32 Å². The van der Waals surface area contributed by atoms with E-state index in [0.717, 1.165) is 5.92 Å². The van der Waals surface area contributed by atoms with Crippen LogP contribution in [-0.2, 0) is 4.79 Å². The standard InChI is InChI=1S/C16H19NO2/c1-9-3-4-10(2)12(7-9)11-5-6-14-13(8-11)15(18)16(19)17-14/h5-6,8-10,12H,3-4,7H2,1-2H3,(H,17,18,19). The Morgan fingerprint density at radius 2 is 1.95 bits per heavy atom. The van der Waals surface area contributed by atoms with Gasteiger partial charge in [-0.2, -0.15) is 0 Å². The Morgan fingerprint density at radius 1 is 1.16 bits per heavy atom. The van der Waals surface area contributed by atoms with Crippen LogP contribution in [0.25, 0.3) is 0 Å². The first-order chi connectivity index (χ1) is 9.06. The Bertz CT molecular complexity index is 550. The number of anilines is 1. The number of Topliss-reactive ketones (excluding diaryl/α,β-unsaturated/α-hetero) is 1. The molecule has 1 N–H and O–H groups in total. The number of ketones is 1. The first-order valence-corrected chi connectivity index (χ1v) is 7.06. The van der Waals surface area contributed by atoms with Crippen molar-refractivity contribution in [3.05, 3.63) is 29.3 Å². The molecule has 2 aliphatic rings. The first kappa shape index (κ1) is 12.4. The number of carbonyl (C=O) groups is 2. The number of hydrogen-bond donors (Lipinski definition) is 1. The van der Waals surface area contributed by atoms with Gasteiger partial charge in [-0.25, -0.2) is 0 Å². The number of benzene rings is 1. The van der Waals surface area contributed by atoms with Crippen molar-refractivity contribution in [2.75, 3.05) is 5.32 Å². The third-order valence-electron chi connectivity index (χ3n) is 4.63. The third kappa shape index (κ3) is 2.07. The van der Waals surface area contributed by atoms with E-state index in [1.807, 2.05) is 12.1 Å². The van der Waals surface area contributed by atoms with E-state index in [1.165, 1.54) is 24.8 Å². The third-order valence-corrected chi connectivity index (χ3v) is 4.63. The second kappa shape index (κ2) is 4.48. The molecular formula is C16H19NO2. The number of fused-ring (bicyclic) bond motifs is 1. The van der Waals surface area contributed by atoms with Crippen molar-refractivity contribution >= 4 is 17.4 Å². The molecule has 0 radical (unpaired) electrons. The Morgan fingerprint density at radius 3 is 2.74 bits per heavy atom. The van der Waals surface area contributed by atoms with E-state index in [-0.39, 0.29) is 0 Å². The van der Waals surface area contributed by atoms with Gasteiger partial charge in [0.1, 0.15) is 0 Å². The average Bonchev–Trinajstić information content (AvgIpc) is 2.68. The summed E-state index contributed by atoms with van der Waals surface area (Å²) in [4.78, 5) is 23.1. The molecule has 3 rings (SSSR count). The van der Waals surface area contributed by atoms with Crippen molar-refractivity contribution in [3.8, 4) is 0 Å². The number of hydrogen-bond acceptors (Lipinski definition) is 2. The minimum Gasteiger partial charge on any atom is -0.318 e. The molecule has 1 fully saturated rings. The van der Waals surface area contributed by atoms with Crippen LogP contribution in [0, 0.1) is 11.8 Å². The Labute approximate surface area is 113 Å². The monoisotopic (exact) mass is 257 g/mol. The Kier molecular flexibility index (Phi) is 2.92. The fourth-order valence-electron chi connectivity index (χ4n) is 3.39. The lowest BCUT2D eigenvalue weighted by Crippen LogP contribution is -2.20. The van der Waals surface area contributed by atoms with Crippen LogP contribution in [0.15, 0.2) is 18.2 Å². The molecule has 1 aromatic rings. The van der Waals surface area contributed by atoms with Crippen LogP contribution in [0.3, 0.4) is 0 Å². The topological polar surface area (TPSA) is 46.2 Å². The quantitative estimate of drug-likeness (QED) is 0.784. The van der Waals surface area contributed by atoms with Gasteiger partial charge in [0.15, 0.2) is 0 Å². The predicted molar refractivity (Wildman–Crippen MR) is 74.3 cm³/mol. The fourth-order valence-corrected chi connectivity index (χ4v) is 3.39. The molecule has 0 spiro atoms. The summed E-state index contributed by atoms with van der Waals surface area (Å²) >= 11 is 0. The van der Waals surface area contributed by atoms with Gasteiger partial charge in [-0.1, -0.05) is 26.3 Å². The summed E-state index contributed by atoms with van der Waals surface area (Å²) in [6.45, 7) is 4.58. The van der Waals surface area contributed by atoms with Gasteiger partial charge in [-0.15, -0.1) is 0 Å². The summed E-state index contributed by atoms with van der Waals surface area (Å²) in [5.74, 6) is 1.00. The van der Waals surface area contributed by atoms with Gasteiger partial charge >= 0.3 is 0 Å². The Balaban J connectivity index is 1.94. The normalized spacial score (nSPS) is 30.1. The van der Waals surface area contributed by atoms with Crippen LogP contribution in [-0.4, -0.2) is 11.7 Å². The maximum atomic E-state index is 11.8. The number of amides is 1. The highest BCUT2D eigenvalue weighted by molar-refractivity contribution is 6.51. The van der Waals surface area contributed by atoms with E-state index in [2.05, 4.69) is 25.2 Å². The minimum atomic E-state index is -0.503. The van der Waals surface area contributed by atoms with Gasteiger partial charge in [-0.05, 0) is 48.3 Å². The van der Waals surface area contributed by atoms with Crippen molar-refractivity contribution in [2.45, 2.75) is 39.0 Å². The van der Waals surface area contributed by atoms with Crippen LogP contribution in [0.2, 0.25) is 0 Å². The van der Waals surface area contributed by atoms with Crippen molar-refractivity contribution in [2.24, 2.45) is 11.8 Å². The van der Waals surface area contributed by atoms with E-state index >= 15 is 0 Å². The fraction of sp³-hybridized carbons (Fsp3) is 0.500. The maximum absolute atomic E-state index is 11.8. The zero-order chi connectivity index (χ0) is 13.6. The minimum absolute atomic E-state index is 0.395. The largest absolute Gasteiger partial charge is 0.318 e. The summed E-state index contributed by atoms with van der Waals surface area (Å²) < 4.78 is 0. The Hall–Kier alpha value is -1.64. The SMILES string of the molecule is CC1CCC(C)C(c2ccc3c(c2)C(=O)C(=O)N3)C1. The molecule has 1 aromatic carbocycles. The zero-order valence-corrected chi connectivity index (χ0v) is 11.4. The van der Waals surface area contributed by atoms with Crippen molar-refractivity contribution in [3.63, 3.8) is 0 Å². The molecule has 1 aliphatic carbocycles. The van der Waals surface area contributed by atoms with E-state index < -0.39 is 11.7 Å². The summed E-state index contributed by atoms with van der Waals surface area (Å²) in [6, 6.07) is 5.87. The van der Waals surface area contributed by atoms with Crippen molar-refractivity contribution in [1.29, 1.82) is 0 Å². The van der Waals surface area contributed by atoms with E-state index in [9.17, 15) is 9.59 Å². The van der Waals surface area contributed by atoms with Crippen LogP contribution in [0.1, 0.15) is 54.9 Å². The molecule has 3 unspecified atom stereocenters. The smallest absolute Gasteiger partial charge is 0.296 e. The highest BCUT2D eigenvalue weighted by Gasteiger charge is 2.31. The number of nitrogens with one attached hydrogen (secondary N) is 1. The molecule has 3 atom stereocenters. The molecule has 19 heavy (non-hydrogen) atoms. The van der Waals surface area contributed by atoms with Gasteiger partial charge in [-0.3, -0.25) is 9.59 Å². The van der Waals surface area contributed by atoms with Crippen molar-refractivity contribution < 1.29 is 9.59 Å². The average molecular weight is 257 g/mol. The first-order valence-electron chi connectivity index (χ1n) is 7.06. The molecule has 0 bridgehead atoms. The van der Waals surface area contributed by atoms with Crippen LogP contribution in [0.4, 0.5) is 5.69 Å². The molecule has 3 nitrogen and oxygen atoms in total. The second-order valence-electron chi connectivity index (χ2n) is 6.09. The summed E-state index contributed by atoms with van der Waals surface area (Å²) in [6.07, 6.45) is 3.71. The zero-order valence-electron chi connectivity index (χ0n) is 11.4. The van der Waals surface area contributed by atoms with Gasteiger partial charge < -0.3 is 5.32 Å². The second-order valence-corrected chi connectivity index (χ2v) is 6.09. The predicted octanol–water partition coefficient (Wildman–Crippen LogP) is 3.36. The highest BCUT2D eigenvalue weighted by Crippen LogP contribution is 2.41. The highest BCUT2D eigenvalue weighted by atomic mass is 16.2. The molecule has 0 saturated heterocycles. The van der Waals surface area contributed by atoms with Gasteiger partial charge in [0, 0.05) is 0 Å². The van der Waals surface area contributed by atoms with Crippen LogP contribution in [0.5, 0.6) is 0 Å². The molecule has 100 valence electrons. The summed E-state index contributed by atoms with van der Waals surface area (Å²) in [5.41, 5.74) is 2.42. The molecule has 1 amide bonds. The summed E-state index contributed by atoms with van der Waals surface area (Å²) in [7, 11) is 0. The van der Waals surface area contributed by atoms with Gasteiger partial charge in [0.25, 0.3) is 11.7 Å². The lowest BCUT2D eigenvalue weighted by Gasteiger charge is -2.33. The van der Waals surface area contributed by atoms with E-state index in [1.54, 1.807) is 0 Å². The van der Waals surface area contributed by atoms with E-state index in [4.69, 9.17) is 0 Å². The lowest BCUT2D eigenvalue weighted by molar-refractivity contribution is -0.112. The number of carbonyl (C=O) groups excluding carboxylic acids is 2. The molecule has 3 heteroatoms.